The van der Waals surface area contributed by atoms with E-state index in [-0.39, 0.29) is 21.5 Å². The normalized spacial score (nSPS) is 10.9. The van der Waals surface area contributed by atoms with E-state index in [1.54, 1.807) is 0 Å². The highest BCUT2D eigenvalue weighted by atomic mass is 35.5. The van der Waals surface area contributed by atoms with Crippen LogP contribution in [0.1, 0.15) is 12.0 Å². The van der Waals surface area contributed by atoms with Crippen molar-refractivity contribution in [3.05, 3.63) is 51.0 Å². The SMILES string of the molecule is Oc1c(Oc2ccc(Cl)cc2Cl)ccc(Cl)c1C(F)F. The number of phenolic OH excluding ortho intramolecular Hbond substituents is 1. The van der Waals surface area contributed by atoms with Crippen LogP contribution in [-0.4, -0.2) is 5.11 Å². The lowest BCUT2D eigenvalue weighted by atomic mass is 10.2. The van der Waals surface area contributed by atoms with Gasteiger partial charge in [-0.25, -0.2) is 8.78 Å². The Morgan fingerprint density at radius 1 is 0.950 bits per heavy atom. The molecule has 20 heavy (non-hydrogen) atoms. The molecule has 0 unspecified atom stereocenters. The molecule has 2 nitrogen and oxygen atoms in total. The van der Waals surface area contributed by atoms with E-state index in [1.807, 2.05) is 0 Å². The second-order valence-electron chi connectivity index (χ2n) is 3.79. The van der Waals surface area contributed by atoms with Gasteiger partial charge in [-0.2, -0.15) is 0 Å². The smallest absolute Gasteiger partial charge is 0.268 e. The molecule has 0 atom stereocenters. The van der Waals surface area contributed by atoms with Crippen molar-refractivity contribution in [3.63, 3.8) is 0 Å². The molecule has 0 saturated carbocycles. The number of ether oxygens (including phenoxy) is 1. The van der Waals surface area contributed by atoms with Crippen molar-refractivity contribution in [2.75, 3.05) is 0 Å². The summed E-state index contributed by atoms with van der Waals surface area (Å²) in [6, 6.07) is 6.89. The maximum atomic E-state index is 12.8. The third-order valence-electron chi connectivity index (χ3n) is 2.46. The molecule has 0 aliphatic rings. The quantitative estimate of drug-likeness (QED) is 0.734. The van der Waals surface area contributed by atoms with Gasteiger partial charge in [0.05, 0.1) is 15.6 Å². The maximum absolute atomic E-state index is 12.8. The number of halogens is 5. The molecule has 1 N–H and O–H groups in total. The summed E-state index contributed by atoms with van der Waals surface area (Å²) < 4.78 is 30.9. The van der Waals surface area contributed by atoms with Crippen molar-refractivity contribution < 1.29 is 18.6 Å². The van der Waals surface area contributed by atoms with Crippen LogP contribution in [0, 0.1) is 0 Å². The highest BCUT2D eigenvalue weighted by molar-refractivity contribution is 6.35. The standard InChI is InChI=1S/C13H7Cl3F2O2/c14-6-1-3-9(8(16)5-6)20-10-4-2-7(15)11(12(10)19)13(17)18/h1-5,13,19H. The minimum absolute atomic E-state index is 0.172. The van der Waals surface area contributed by atoms with E-state index in [4.69, 9.17) is 39.5 Å². The molecular weight excluding hydrogens is 332 g/mol. The van der Waals surface area contributed by atoms with Gasteiger partial charge < -0.3 is 9.84 Å². The molecular formula is C13H7Cl3F2O2. The molecule has 0 amide bonds. The van der Waals surface area contributed by atoms with E-state index in [1.165, 1.54) is 30.3 Å². The minimum Gasteiger partial charge on any atom is -0.504 e. The molecule has 0 saturated heterocycles. The first kappa shape index (κ1) is 15.2. The first-order chi connectivity index (χ1) is 9.40. The van der Waals surface area contributed by atoms with Crippen molar-refractivity contribution in [3.8, 4) is 17.2 Å². The van der Waals surface area contributed by atoms with Crippen molar-refractivity contribution in [1.82, 2.24) is 0 Å². The summed E-state index contributed by atoms with van der Waals surface area (Å²) in [5.41, 5.74) is -0.686. The molecule has 2 aromatic rings. The summed E-state index contributed by atoms with van der Waals surface area (Å²) in [7, 11) is 0. The fourth-order valence-electron chi connectivity index (χ4n) is 1.53. The maximum Gasteiger partial charge on any atom is 0.268 e. The fourth-order valence-corrected chi connectivity index (χ4v) is 2.21. The monoisotopic (exact) mass is 338 g/mol. The van der Waals surface area contributed by atoms with Gasteiger partial charge in [0.15, 0.2) is 11.5 Å². The number of rotatable bonds is 3. The number of alkyl halides is 2. The number of benzene rings is 2. The molecule has 0 bridgehead atoms. The van der Waals surface area contributed by atoms with E-state index in [0.29, 0.717) is 5.02 Å². The Balaban J connectivity index is 2.42. The lowest BCUT2D eigenvalue weighted by Crippen LogP contribution is -1.92. The summed E-state index contributed by atoms with van der Waals surface area (Å²) in [6.45, 7) is 0. The summed E-state index contributed by atoms with van der Waals surface area (Å²) >= 11 is 17.2. The molecule has 2 aromatic carbocycles. The van der Waals surface area contributed by atoms with Crippen LogP contribution in [0.4, 0.5) is 8.78 Å². The van der Waals surface area contributed by atoms with E-state index < -0.39 is 17.7 Å². The third-order valence-corrected chi connectivity index (χ3v) is 3.32. The fraction of sp³-hybridized carbons (Fsp3) is 0.0769. The Morgan fingerprint density at radius 2 is 1.60 bits per heavy atom. The van der Waals surface area contributed by atoms with Crippen LogP contribution in [0.15, 0.2) is 30.3 Å². The summed E-state index contributed by atoms with van der Waals surface area (Å²) in [6.07, 6.45) is -2.92. The lowest BCUT2D eigenvalue weighted by Gasteiger charge is -2.13. The number of aromatic hydroxyl groups is 1. The molecule has 7 heteroatoms. The first-order valence-electron chi connectivity index (χ1n) is 5.32. The van der Waals surface area contributed by atoms with Crippen LogP contribution in [0.25, 0.3) is 0 Å². The van der Waals surface area contributed by atoms with Gasteiger partial charge in [-0.3, -0.25) is 0 Å². The van der Waals surface area contributed by atoms with Gasteiger partial charge in [-0.15, -0.1) is 0 Å². The van der Waals surface area contributed by atoms with Gasteiger partial charge in [0.25, 0.3) is 6.43 Å². The zero-order valence-electron chi connectivity index (χ0n) is 9.71. The molecule has 106 valence electrons. The second kappa shape index (κ2) is 6.04. The van der Waals surface area contributed by atoms with Gasteiger partial charge in [0.2, 0.25) is 0 Å². The van der Waals surface area contributed by atoms with Crippen LogP contribution in [0.2, 0.25) is 15.1 Å². The predicted molar refractivity (Wildman–Crippen MR) is 74.6 cm³/mol. The van der Waals surface area contributed by atoms with Crippen LogP contribution >= 0.6 is 34.8 Å². The molecule has 0 heterocycles. The number of hydrogen-bond donors (Lipinski definition) is 1. The Kier molecular flexibility index (Phi) is 4.58. The van der Waals surface area contributed by atoms with E-state index >= 15 is 0 Å². The second-order valence-corrected chi connectivity index (χ2v) is 5.04. The average molecular weight is 340 g/mol. The van der Waals surface area contributed by atoms with Crippen LogP contribution in [-0.2, 0) is 0 Å². The Hall–Kier alpha value is -1.23. The molecule has 0 aliphatic heterocycles. The van der Waals surface area contributed by atoms with E-state index in [9.17, 15) is 13.9 Å². The molecule has 0 aromatic heterocycles. The average Bonchev–Trinajstić information content (AvgIpc) is 2.35. The summed E-state index contributed by atoms with van der Waals surface area (Å²) in [5, 5.41) is 10.1. The Bertz CT molecular complexity index is 648. The van der Waals surface area contributed by atoms with Crippen LogP contribution in [0.3, 0.4) is 0 Å². The minimum atomic E-state index is -2.92. The van der Waals surface area contributed by atoms with Gasteiger partial charge in [0, 0.05) is 5.02 Å². The highest BCUT2D eigenvalue weighted by Crippen LogP contribution is 2.43. The topological polar surface area (TPSA) is 29.5 Å². The van der Waals surface area contributed by atoms with Crippen LogP contribution < -0.4 is 4.74 Å². The molecule has 0 spiro atoms. The number of hydrogen-bond acceptors (Lipinski definition) is 2. The van der Waals surface area contributed by atoms with E-state index in [0.717, 1.165) is 0 Å². The van der Waals surface area contributed by atoms with Gasteiger partial charge in [0.1, 0.15) is 5.75 Å². The van der Waals surface area contributed by atoms with Crippen molar-refractivity contribution >= 4 is 34.8 Å². The van der Waals surface area contributed by atoms with Crippen molar-refractivity contribution in [2.24, 2.45) is 0 Å². The Morgan fingerprint density at radius 3 is 2.20 bits per heavy atom. The largest absolute Gasteiger partial charge is 0.504 e. The molecule has 0 fully saturated rings. The predicted octanol–water partition coefficient (Wildman–Crippen LogP) is 6.08. The highest BCUT2D eigenvalue weighted by Gasteiger charge is 2.21. The molecule has 2 rings (SSSR count). The number of phenols is 1. The van der Waals surface area contributed by atoms with Gasteiger partial charge in [-0.1, -0.05) is 34.8 Å². The Labute approximate surface area is 128 Å². The summed E-state index contributed by atoms with van der Waals surface area (Å²) in [5.74, 6) is -0.721. The lowest BCUT2D eigenvalue weighted by molar-refractivity contribution is 0.147. The first-order valence-corrected chi connectivity index (χ1v) is 6.46. The van der Waals surface area contributed by atoms with Gasteiger partial charge >= 0.3 is 0 Å². The zero-order chi connectivity index (χ0) is 14.9. The molecule has 0 aliphatic carbocycles. The van der Waals surface area contributed by atoms with Crippen LogP contribution in [0.5, 0.6) is 17.2 Å². The zero-order valence-corrected chi connectivity index (χ0v) is 12.0. The third kappa shape index (κ3) is 3.08. The van der Waals surface area contributed by atoms with Crippen molar-refractivity contribution in [2.45, 2.75) is 6.43 Å². The van der Waals surface area contributed by atoms with E-state index in [2.05, 4.69) is 0 Å². The summed E-state index contributed by atoms with van der Waals surface area (Å²) in [4.78, 5) is 0. The molecule has 0 radical (unpaired) electrons. The van der Waals surface area contributed by atoms with Gasteiger partial charge in [-0.05, 0) is 30.3 Å². The van der Waals surface area contributed by atoms with Crippen molar-refractivity contribution in [1.29, 1.82) is 0 Å².